The van der Waals surface area contributed by atoms with Gasteiger partial charge in [0.25, 0.3) is 0 Å². The number of nitrogens with zero attached hydrogens (tertiary/aromatic N) is 1. The maximum atomic E-state index is 12.4. The molecule has 0 aromatic carbocycles. The Labute approximate surface area is 119 Å². The fourth-order valence-electron chi connectivity index (χ4n) is 2.73. The van der Waals surface area contributed by atoms with Gasteiger partial charge in [0.1, 0.15) is 0 Å². The predicted octanol–water partition coefficient (Wildman–Crippen LogP) is 3.19. The summed E-state index contributed by atoms with van der Waals surface area (Å²) in [5.74, 6) is 1.03. The minimum atomic E-state index is -0.0414. The van der Waals surface area contributed by atoms with Crippen molar-refractivity contribution in [3.05, 3.63) is 0 Å². The summed E-state index contributed by atoms with van der Waals surface area (Å²) in [5.41, 5.74) is 0. The van der Waals surface area contributed by atoms with Crippen molar-refractivity contribution in [1.29, 1.82) is 0 Å². The van der Waals surface area contributed by atoms with E-state index in [4.69, 9.17) is 0 Å². The molecule has 3 heteroatoms. The Bertz CT molecular complexity index is 257. The van der Waals surface area contributed by atoms with Crippen LogP contribution in [0.15, 0.2) is 0 Å². The van der Waals surface area contributed by atoms with Crippen LogP contribution in [-0.4, -0.2) is 36.0 Å². The van der Waals surface area contributed by atoms with Gasteiger partial charge in [-0.25, -0.2) is 0 Å². The summed E-state index contributed by atoms with van der Waals surface area (Å²) in [6, 6.07) is 0.383. The largest absolute Gasteiger partial charge is 0.341 e. The van der Waals surface area contributed by atoms with Crippen LogP contribution in [0, 0.1) is 5.92 Å². The SMILES string of the molecule is CC(C)CCC(C)NC(C)C(=O)N1CCCCCC1. The zero-order valence-corrected chi connectivity index (χ0v) is 13.2. The molecule has 1 saturated heterocycles. The molecule has 19 heavy (non-hydrogen) atoms. The lowest BCUT2D eigenvalue weighted by molar-refractivity contribution is -0.133. The minimum Gasteiger partial charge on any atom is -0.341 e. The number of carbonyl (C=O) groups is 1. The quantitative estimate of drug-likeness (QED) is 0.802. The lowest BCUT2D eigenvalue weighted by Gasteiger charge is -2.27. The van der Waals surface area contributed by atoms with Gasteiger partial charge in [-0.1, -0.05) is 26.7 Å². The summed E-state index contributed by atoms with van der Waals surface area (Å²) in [6.45, 7) is 10.6. The van der Waals surface area contributed by atoms with Crippen LogP contribution in [0.2, 0.25) is 0 Å². The van der Waals surface area contributed by atoms with Gasteiger partial charge in [0.05, 0.1) is 6.04 Å². The summed E-state index contributed by atoms with van der Waals surface area (Å²) in [6.07, 6.45) is 7.25. The van der Waals surface area contributed by atoms with Crippen molar-refractivity contribution in [2.75, 3.05) is 13.1 Å². The predicted molar refractivity (Wildman–Crippen MR) is 81.2 cm³/mol. The van der Waals surface area contributed by atoms with E-state index in [0.29, 0.717) is 11.9 Å². The summed E-state index contributed by atoms with van der Waals surface area (Å²) < 4.78 is 0. The van der Waals surface area contributed by atoms with Crippen molar-refractivity contribution in [3.63, 3.8) is 0 Å². The van der Waals surface area contributed by atoms with E-state index < -0.39 is 0 Å². The van der Waals surface area contributed by atoms with Gasteiger partial charge in [-0.3, -0.25) is 4.79 Å². The fourth-order valence-corrected chi connectivity index (χ4v) is 2.73. The first-order chi connectivity index (χ1) is 9.00. The first-order valence-corrected chi connectivity index (χ1v) is 8.05. The van der Waals surface area contributed by atoms with Crippen molar-refractivity contribution in [2.24, 2.45) is 5.92 Å². The second-order valence-corrected chi connectivity index (χ2v) is 6.50. The smallest absolute Gasteiger partial charge is 0.239 e. The second kappa shape index (κ2) is 8.57. The van der Waals surface area contributed by atoms with Crippen molar-refractivity contribution < 1.29 is 4.79 Å². The molecule has 3 nitrogen and oxygen atoms in total. The van der Waals surface area contributed by atoms with E-state index in [0.717, 1.165) is 25.4 Å². The molecular weight excluding hydrogens is 236 g/mol. The Balaban J connectivity index is 2.34. The van der Waals surface area contributed by atoms with Gasteiger partial charge in [-0.15, -0.1) is 0 Å². The Hall–Kier alpha value is -0.570. The van der Waals surface area contributed by atoms with Crippen LogP contribution >= 0.6 is 0 Å². The lowest BCUT2D eigenvalue weighted by Crippen LogP contribution is -2.48. The molecule has 1 N–H and O–H groups in total. The van der Waals surface area contributed by atoms with Crippen LogP contribution in [0.4, 0.5) is 0 Å². The van der Waals surface area contributed by atoms with Gasteiger partial charge in [0.15, 0.2) is 0 Å². The van der Waals surface area contributed by atoms with Crippen LogP contribution < -0.4 is 5.32 Å². The topological polar surface area (TPSA) is 32.3 Å². The van der Waals surface area contributed by atoms with Gasteiger partial charge < -0.3 is 10.2 Å². The molecule has 0 aromatic rings. The molecule has 1 rings (SSSR count). The molecule has 1 amide bonds. The number of likely N-dealkylation sites (tertiary alicyclic amines) is 1. The van der Waals surface area contributed by atoms with Crippen molar-refractivity contribution in [2.45, 2.75) is 78.3 Å². The molecule has 112 valence electrons. The first kappa shape index (κ1) is 16.5. The summed E-state index contributed by atoms with van der Waals surface area (Å²) in [5, 5.41) is 3.46. The Kier molecular flexibility index (Phi) is 7.44. The molecule has 2 unspecified atom stereocenters. The van der Waals surface area contributed by atoms with E-state index in [1.807, 2.05) is 6.92 Å². The standard InChI is InChI=1S/C16H32N2O/c1-13(2)9-10-14(3)17-15(4)16(19)18-11-7-5-6-8-12-18/h13-15,17H,5-12H2,1-4H3. The Morgan fingerprint density at radius 3 is 2.11 bits per heavy atom. The molecule has 2 atom stereocenters. The highest BCUT2D eigenvalue weighted by Gasteiger charge is 2.22. The zero-order valence-electron chi connectivity index (χ0n) is 13.2. The van der Waals surface area contributed by atoms with Gasteiger partial charge in [0.2, 0.25) is 5.91 Å². The van der Waals surface area contributed by atoms with Crippen LogP contribution in [0.25, 0.3) is 0 Å². The molecule has 1 fully saturated rings. The average molecular weight is 268 g/mol. The molecule has 0 spiro atoms. The van der Waals surface area contributed by atoms with E-state index in [1.54, 1.807) is 0 Å². The van der Waals surface area contributed by atoms with Crippen LogP contribution in [0.3, 0.4) is 0 Å². The van der Waals surface area contributed by atoms with Crippen molar-refractivity contribution in [3.8, 4) is 0 Å². The number of hydrogen-bond acceptors (Lipinski definition) is 2. The third-order valence-corrected chi connectivity index (χ3v) is 4.00. The molecule has 1 aliphatic rings. The molecule has 0 aliphatic carbocycles. The van der Waals surface area contributed by atoms with E-state index in [2.05, 4.69) is 31.0 Å². The summed E-state index contributed by atoms with van der Waals surface area (Å²) >= 11 is 0. The number of amides is 1. The zero-order chi connectivity index (χ0) is 14.3. The Morgan fingerprint density at radius 1 is 1.00 bits per heavy atom. The maximum Gasteiger partial charge on any atom is 0.239 e. The third kappa shape index (κ3) is 6.42. The molecule has 0 radical (unpaired) electrons. The number of rotatable bonds is 6. The van der Waals surface area contributed by atoms with Gasteiger partial charge in [-0.2, -0.15) is 0 Å². The maximum absolute atomic E-state index is 12.4. The highest BCUT2D eigenvalue weighted by Crippen LogP contribution is 2.12. The molecule has 0 bridgehead atoms. The molecule has 1 heterocycles. The van der Waals surface area contributed by atoms with Crippen LogP contribution in [0.5, 0.6) is 0 Å². The van der Waals surface area contributed by atoms with Gasteiger partial charge in [0, 0.05) is 19.1 Å². The van der Waals surface area contributed by atoms with Crippen LogP contribution in [-0.2, 0) is 4.79 Å². The molecule has 0 aromatic heterocycles. The fraction of sp³-hybridized carbons (Fsp3) is 0.938. The molecule has 0 saturated carbocycles. The monoisotopic (exact) mass is 268 g/mol. The Morgan fingerprint density at radius 2 is 1.58 bits per heavy atom. The van der Waals surface area contributed by atoms with Crippen molar-refractivity contribution >= 4 is 5.91 Å². The molecule has 1 aliphatic heterocycles. The van der Waals surface area contributed by atoms with Gasteiger partial charge >= 0.3 is 0 Å². The van der Waals surface area contributed by atoms with Gasteiger partial charge in [-0.05, 0) is 45.4 Å². The minimum absolute atomic E-state index is 0.0414. The van der Waals surface area contributed by atoms with E-state index in [9.17, 15) is 4.79 Å². The number of hydrogen-bond donors (Lipinski definition) is 1. The average Bonchev–Trinajstić information content (AvgIpc) is 2.64. The van der Waals surface area contributed by atoms with Crippen molar-refractivity contribution in [1.82, 2.24) is 10.2 Å². The number of nitrogens with one attached hydrogen (secondary N) is 1. The van der Waals surface area contributed by atoms with E-state index in [1.165, 1.54) is 32.1 Å². The van der Waals surface area contributed by atoms with E-state index in [-0.39, 0.29) is 6.04 Å². The highest BCUT2D eigenvalue weighted by atomic mass is 16.2. The molecular formula is C16H32N2O. The summed E-state index contributed by atoms with van der Waals surface area (Å²) in [7, 11) is 0. The highest BCUT2D eigenvalue weighted by molar-refractivity contribution is 5.81. The van der Waals surface area contributed by atoms with Crippen LogP contribution in [0.1, 0.15) is 66.2 Å². The first-order valence-electron chi connectivity index (χ1n) is 8.05. The third-order valence-electron chi connectivity index (χ3n) is 4.00. The summed E-state index contributed by atoms with van der Waals surface area (Å²) in [4.78, 5) is 14.4. The van der Waals surface area contributed by atoms with E-state index >= 15 is 0 Å². The normalized spacial score (nSPS) is 20.2. The number of carbonyl (C=O) groups excluding carboxylic acids is 1. The lowest BCUT2D eigenvalue weighted by atomic mass is 10.0. The second-order valence-electron chi connectivity index (χ2n) is 6.50.